The molecule has 5 nitrogen and oxygen atoms in total. The highest BCUT2D eigenvalue weighted by Gasteiger charge is 2.33. The number of thioether (sulfide) groups is 1. The normalized spacial score (nSPS) is 16.9. The fourth-order valence-corrected chi connectivity index (χ4v) is 2.82. The van der Waals surface area contributed by atoms with Gasteiger partial charge in [-0.1, -0.05) is 6.08 Å². The van der Waals surface area contributed by atoms with Crippen LogP contribution in [-0.4, -0.2) is 45.5 Å². The molecular weight excluding hydrogens is 264 g/mol. The summed E-state index contributed by atoms with van der Waals surface area (Å²) < 4.78 is -0.674. The summed E-state index contributed by atoms with van der Waals surface area (Å²) in [5.41, 5.74) is 6.68. The molecule has 19 heavy (non-hydrogen) atoms. The zero-order valence-electron chi connectivity index (χ0n) is 11.7. The molecule has 0 bridgehead atoms. The smallest absolute Gasteiger partial charge is 0.321 e. The van der Waals surface area contributed by atoms with Crippen LogP contribution in [0.2, 0.25) is 0 Å². The molecule has 1 amide bonds. The van der Waals surface area contributed by atoms with E-state index < -0.39 is 16.8 Å². The van der Waals surface area contributed by atoms with E-state index >= 15 is 0 Å². The third-order valence-electron chi connectivity index (χ3n) is 3.40. The highest BCUT2D eigenvalue weighted by molar-refractivity contribution is 8.01. The highest BCUT2D eigenvalue weighted by Crippen LogP contribution is 2.28. The Kier molecular flexibility index (Phi) is 5.43. The highest BCUT2D eigenvalue weighted by atomic mass is 32.2. The van der Waals surface area contributed by atoms with Crippen LogP contribution >= 0.6 is 11.8 Å². The Morgan fingerprint density at radius 3 is 2.68 bits per heavy atom. The summed E-state index contributed by atoms with van der Waals surface area (Å²) in [6, 6.07) is -0.985. The summed E-state index contributed by atoms with van der Waals surface area (Å²) in [6.07, 6.45) is 5.13. The van der Waals surface area contributed by atoms with Gasteiger partial charge < -0.3 is 15.7 Å². The van der Waals surface area contributed by atoms with Crippen LogP contribution in [0.3, 0.4) is 0 Å². The van der Waals surface area contributed by atoms with E-state index in [0.717, 1.165) is 25.0 Å². The summed E-state index contributed by atoms with van der Waals surface area (Å²) >= 11 is 1.29. The van der Waals surface area contributed by atoms with Crippen molar-refractivity contribution in [1.29, 1.82) is 0 Å². The lowest BCUT2D eigenvalue weighted by atomic mass is 10.1. The summed E-state index contributed by atoms with van der Waals surface area (Å²) in [5, 5.41) is 8.92. The average molecular weight is 286 g/mol. The van der Waals surface area contributed by atoms with E-state index in [9.17, 15) is 9.59 Å². The Morgan fingerprint density at radius 2 is 2.21 bits per heavy atom. The maximum Gasteiger partial charge on any atom is 0.321 e. The first kappa shape index (κ1) is 16.0. The molecule has 0 aromatic rings. The molecule has 0 aromatic carbocycles. The number of carbonyl (C=O) groups is 2. The maximum absolute atomic E-state index is 12.0. The molecule has 0 spiro atoms. The Bertz CT molecular complexity index is 393. The molecule has 0 unspecified atom stereocenters. The van der Waals surface area contributed by atoms with Gasteiger partial charge in [-0.3, -0.25) is 9.59 Å². The third kappa shape index (κ3) is 4.24. The van der Waals surface area contributed by atoms with Gasteiger partial charge in [0.2, 0.25) is 5.91 Å². The van der Waals surface area contributed by atoms with E-state index in [1.807, 2.05) is 0 Å². The van der Waals surface area contributed by atoms with E-state index in [-0.39, 0.29) is 11.7 Å². The molecule has 3 N–H and O–H groups in total. The fourth-order valence-electron chi connectivity index (χ4n) is 1.85. The number of carboxylic acid groups (broad SMARTS) is 1. The van der Waals surface area contributed by atoms with Gasteiger partial charge in [-0.15, -0.1) is 11.8 Å². The molecule has 6 heteroatoms. The van der Waals surface area contributed by atoms with Crippen molar-refractivity contribution >= 4 is 23.6 Å². The van der Waals surface area contributed by atoms with E-state index in [0.29, 0.717) is 0 Å². The van der Waals surface area contributed by atoms with Gasteiger partial charge in [-0.25, -0.2) is 0 Å². The molecule has 0 fully saturated rings. The Morgan fingerprint density at radius 1 is 1.58 bits per heavy atom. The summed E-state index contributed by atoms with van der Waals surface area (Å²) in [5.74, 6) is -0.817. The SMILES string of the molecule is CN(C(=O)CSC(C)(C)[C@H](N)C(=O)O)C1=CCCC1. The first-order valence-corrected chi connectivity index (χ1v) is 7.32. The van der Waals surface area contributed by atoms with Crippen molar-refractivity contribution < 1.29 is 14.7 Å². The molecule has 0 aromatic heterocycles. The van der Waals surface area contributed by atoms with Gasteiger partial charge >= 0.3 is 5.97 Å². The monoisotopic (exact) mass is 286 g/mol. The maximum atomic E-state index is 12.0. The van der Waals surface area contributed by atoms with Gasteiger partial charge in [0, 0.05) is 17.5 Å². The van der Waals surface area contributed by atoms with Crippen molar-refractivity contribution in [3.63, 3.8) is 0 Å². The van der Waals surface area contributed by atoms with Crippen molar-refractivity contribution in [3.8, 4) is 0 Å². The van der Waals surface area contributed by atoms with Crippen LogP contribution in [0.1, 0.15) is 33.1 Å². The van der Waals surface area contributed by atoms with Crippen molar-refractivity contribution in [3.05, 3.63) is 11.8 Å². The van der Waals surface area contributed by atoms with Crippen molar-refractivity contribution in [1.82, 2.24) is 4.90 Å². The average Bonchev–Trinajstić information content (AvgIpc) is 2.87. The van der Waals surface area contributed by atoms with Gasteiger partial charge in [0.05, 0.1) is 5.75 Å². The second-order valence-corrected chi connectivity index (χ2v) is 6.88. The predicted octanol–water partition coefficient (Wildman–Crippen LogP) is 1.44. The summed E-state index contributed by atoms with van der Waals surface area (Å²) in [4.78, 5) is 24.6. The number of carboxylic acids is 1. The fraction of sp³-hybridized carbons (Fsp3) is 0.692. The lowest BCUT2D eigenvalue weighted by Gasteiger charge is -2.28. The number of nitrogens with zero attached hydrogens (tertiary/aromatic N) is 1. The van der Waals surface area contributed by atoms with E-state index in [1.165, 1.54) is 11.8 Å². The largest absolute Gasteiger partial charge is 0.480 e. The standard InChI is InChI=1S/C13H22N2O3S/c1-13(2,11(14)12(17)18)19-8-10(16)15(3)9-6-4-5-7-9/h6,11H,4-5,7-8,14H2,1-3H3,(H,17,18)/t11-/m1/s1. The number of nitrogens with two attached hydrogens (primary N) is 1. The van der Waals surface area contributed by atoms with Crippen LogP contribution in [0, 0.1) is 0 Å². The molecule has 1 rings (SSSR count). The minimum atomic E-state index is -1.04. The van der Waals surface area contributed by atoms with Gasteiger partial charge in [0.1, 0.15) is 6.04 Å². The van der Waals surface area contributed by atoms with Crippen molar-refractivity contribution in [2.75, 3.05) is 12.8 Å². The topological polar surface area (TPSA) is 83.6 Å². The number of hydrogen-bond acceptors (Lipinski definition) is 4. The molecule has 0 radical (unpaired) electrons. The third-order valence-corrected chi connectivity index (χ3v) is 4.79. The van der Waals surface area contributed by atoms with E-state index in [1.54, 1.807) is 25.8 Å². The number of carbonyl (C=O) groups excluding carboxylic acids is 1. The van der Waals surface area contributed by atoms with Gasteiger partial charge in [0.15, 0.2) is 0 Å². The Hall–Kier alpha value is -1.01. The molecule has 1 atom stereocenters. The first-order valence-electron chi connectivity index (χ1n) is 6.33. The Labute approximate surface area is 118 Å². The lowest BCUT2D eigenvalue weighted by molar-refractivity contribution is -0.139. The summed E-state index contributed by atoms with van der Waals surface area (Å²) in [6.45, 7) is 3.50. The first-order chi connectivity index (χ1) is 8.75. The van der Waals surface area contributed by atoms with Crippen LogP contribution in [0.15, 0.2) is 11.8 Å². The zero-order valence-corrected chi connectivity index (χ0v) is 12.5. The van der Waals surface area contributed by atoms with Crippen LogP contribution in [-0.2, 0) is 9.59 Å². The zero-order chi connectivity index (χ0) is 14.6. The molecule has 0 heterocycles. The van der Waals surface area contributed by atoms with Crippen LogP contribution in [0.25, 0.3) is 0 Å². The number of amides is 1. The number of hydrogen-bond donors (Lipinski definition) is 2. The quantitative estimate of drug-likeness (QED) is 0.772. The van der Waals surface area contributed by atoms with Crippen LogP contribution in [0.4, 0.5) is 0 Å². The minimum absolute atomic E-state index is 0.0104. The number of rotatable bonds is 6. The van der Waals surface area contributed by atoms with Crippen LogP contribution < -0.4 is 5.73 Å². The molecule has 1 aliphatic rings. The van der Waals surface area contributed by atoms with E-state index in [4.69, 9.17) is 10.8 Å². The van der Waals surface area contributed by atoms with Gasteiger partial charge in [-0.2, -0.15) is 0 Å². The number of aliphatic carboxylic acids is 1. The van der Waals surface area contributed by atoms with Crippen LogP contribution in [0.5, 0.6) is 0 Å². The second-order valence-electron chi connectivity index (χ2n) is 5.25. The van der Waals surface area contributed by atoms with Crippen molar-refractivity contribution in [2.45, 2.75) is 43.9 Å². The molecule has 1 aliphatic carbocycles. The molecule has 0 saturated heterocycles. The molecule has 0 aliphatic heterocycles. The van der Waals surface area contributed by atoms with Crippen molar-refractivity contribution in [2.24, 2.45) is 5.73 Å². The molecular formula is C13H22N2O3S. The minimum Gasteiger partial charge on any atom is -0.480 e. The summed E-state index contributed by atoms with van der Waals surface area (Å²) in [7, 11) is 1.77. The van der Waals surface area contributed by atoms with Gasteiger partial charge in [0.25, 0.3) is 0 Å². The molecule has 108 valence electrons. The molecule has 0 saturated carbocycles. The van der Waals surface area contributed by atoms with E-state index in [2.05, 4.69) is 6.08 Å². The predicted molar refractivity (Wildman–Crippen MR) is 76.9 cm³/mol. The Balaban J connectivity index is 2.51. The van der Waals surface area contributed by atoms with Gasteiger partial charge in [-0.05, 0) is 33.1 Å². The lowest BCUT2D eigenvalue weighted by Crippen LogP contribution is -2.47. The second kappa shape index (κ2) is 6.43. The number of allylic oxidation sites excluding steroid dienone is 2.